The fourth-order valence-electron chi connectivity index (χ4n) is 2.26. The lowest BCUT2D eigenvalue weighted by Gasteiger charge is -2.13. The van der Waals surface area contributed by atoms with E-state index in [4.69, 9.17) is 11.6 Å². The Labute approximate surface area is 123 Å². The highest BCUT2D eigenvalue weighted by Crippen LogP contribution is 2.23. The van der Waals surface area contributed by atoms with Crippen molar-refractivity contribution in [3.8, 4) is 11.1 Å². The molecular formula is C17H15ClN2. The van der Waals surface area contributed by atoms with Gasteiger partial charge in [0.2, 0.25) is 0 Å². The van der Waals surface area contributed by atoms with Crippen LogP contribution in [0.2, 0.25) is 5.02 Å². The summed E-state index contributed by atoms with van der Waals surface area (Å²) < 4.78 is 1.87. The van der Waals surface area contributed by atoms with Crippen LogP contribution in [0.5, 0.6) is 0 Å². The van der Waals surface area contributed by atoms with Gasteiger partial charge in [0.05, 0.1) is 17.3 Å². The third-order valence-electron chi connectivity index (χ3n) is 3.47. The Hall–Kier alpha value is -2.06. The summed E-state index contributed by atoms with van der Waals surface area (Å²) in [4.78, 5) is 0. The van der Waals surface area contributed by atoms with E-state index < -0.39 is 0 Å². The van der Waals surface area contributed by atoms with Crippen molar-refractivity contribution in [3.63, 3.8) is 0 Å². The molecule has 1 heterocycles. The van der Waals surface area contributed by atoms with Gasteiger partial charge in [-0.3, -0.25) is 4.68 Å². The number of nitrogens with zero attached hydrogens (tertiary/aromatic N) is 2. The molecule has 3 rings (SSSR count). The molecule has 0 aliphatic rings. The quantitative estimate of drug-likeness (QED) is 0.674. The van der Waals surface area contributed by atoms with Crippen molar-refractivity contribution in [2.75, 3.05) is 0 Å². The van der Waals surface area contributed by atoms with E-state index in [2.05, 4.69) is 60.6 Å². The molecule has 0 bridgehead atoms. The summed E-state index contributed by atoms with van der Waals surface area (Å²) >= 11 is 5.91. The molecule has 0 saturated heterocycles. The van der Waals surface area contributed by atoms with E-state index in [1.807, 2.05) is 16.9 Å². The van der Waals surface area contributed by atoms with Gasteiger partial charge in [0, 0.05) is 6.20 Å². The minimum Gasteiger partial charge on any atom is -0.264 e. The highest BCUT2D eigenvalue weighted by Gasteiger charge is 2.09. The van der Waals surface area contributed by atoms with E-state index in [1.165, 1.54) is 16.7 Å². The van der Waals surface area contributed by atoms with Gasteiger partial charge >= 0.3 is 0 Å². The van der Waals surface area contributed by atoms with Gasteiger partial charge in [-0.1, -0.05) is 66.2 Å². The van der Waals surface area contributed by atoms with E-state index in [0.717, 1.165) is 0 Å². The van der Waals surface area contributed by atoms with Crippen LogP contribution in [0, 0.1) is 0 Å². The lowest BCUT2D eigenvalue weighted by Crippen LogP contribution is -2.06. The van der Waals surface area contributed by atoms with Crippen molar-refractivity contribution >= 4 is 11.6 Å². The summed E-state index contributed by atoms with van der Waals surface area (Å²) in [6.45, 7) is 2.11. The number of hydrogen-bond donors (Lipinski definition) is 0. The summed E-state index contributed by atoms with van der Waals surface area (Å²) in [5.41, 5.74) is 3.67. The largest absolute Gasteiger partial charge is 0.264 e. The number of halogens is 1. The molecule has 0 saturated carbocycles. The summed E-state index contributed by atoms with van der Waals surface area (Å²) in [5.74, 6) is 0. The van der Waals surface area contributed by atoms with Crippen LogP contribution in [0.4, 0.5) is 0 Å². The smallest absolute Gasteiger partial charge is 0.0785 e. The van der Waals surface area contributed by atoms with Gasteiger partial charge < -0.3 is 0 Å². The molecule has 3 aromatic rings. The highest BCUT2D eigenvalue weighted by molar-refractivity contribution is 6.30. The van der Waals surface area contributed by atoms with Gasteiger partial charge in [0.15, 0.2) is 0 Å². The summed E-state index contributed by atoms with van der Waals surface area (Å²) in [6, 6.07) is 19.1. The maximum atomic E-state index is 5.91. The van der Waals surface area contributed by atoms with E-state index in [1.54, 1.807) is 6.20 Å². The molecule has 0 aliphatic heterocycles. The van der Waals surface area contributed by atoms with E-state index in [0.29, 0.717) is 5.02 Å². The maximum absolute atomic E-state index is 5.91. The third-order valence-corrected chi connectivity index (χ3v) is 3.66. The van der Waals surface area contributed by atoms with Gasteiger partial charge in [0.1, 0.15) is 0 Å². The molecule has 0 radical (unpaired) electrons. The van der Waals surface area contributed by atoms with Crippen LogP contribution in [0.15, 0.2) is 67.0 Å². The third kappa shape index (κ3) is 2.61. The molecular weight excluding hydrogens is 268 g/mol. The lowest BCUT2D eigenvalue weighted by atomic mass is 10.0. The first-order valence-electron chi connectivity index (χ1n) is 6.59. The summed E-state index contributed by atoms with van der Waals surface area (Å²) in [5, 5.41) is 4.92. The van der Waals surface area contributed by atoms with E-state index >= 15 is 0 Å². The molecule has 2 nitrogen and oxygen atoms in total. The summed E-state index contributed by atoms with van der Waals surface area (Å²) in [7, 11) is 0. The number of benzene rings is 2. The zero-order valence-electron chi connectivity index (χ0n) is 11.2. The SMILES string of the molecule is CC(c1ccc(-c2ccccc2)cc1)n1cc(Cl)cn1. The molecule has 100 valence electrons. The molecule has 3 heteroatoms. The van der Waals surface area contributed by atoms with E-state index in [-0.39, 0.29) is 6.04 Å². The van der Waals surface area contributed by atoms with Gasteiger partial charge in [-0.05, 0) is 23.6 Å². The van der Waals surface area contributed by atoms with Crippen LogP contribution in [0.25, 0.3) is 11.1 Å². The Kier molecular flexibility index (Phi) is 3.57. The molecule has 0 fully saturated rings. The normalized spacial score (nSPS) is 12.3. The second-order valence-electron chi connectivity index (χ2n) is 4.80. The summed E-state index contributed by atoms with van der Waals surface area (Å²) in [6.07, 6.45) is 3.51. The van der Waals surface area contributed by atoms with Crippen molar-refractivity contribution < 1.29 is 0 Å². The second kappa shape index (κ2) is 5.51. The van der Waals surface area contributed by atoms with Crippen molar-refractivity contribution in [1.82, 2.24) is 9.78 Å². The Balaban J connectivity index is 1.86. The highest BCUT2D eigenvalue weighted by atomic mass is 35.5. The van der Waals surface area contributed by atoms with Crippen LogP contribution in [-0.2, 0) is 0 Å². The lowest BCUT2D eigenvalue weighted by molar-refractivity contribution is 0.564. The molecule has 1 aromatic heterocycles. The Bertz CT molecular complexity index is 687. The fraction of sp³-hybridized carbons (Fsp3) is 0.118. The molecule has 0 N–H and O–H groups in total. The fourth-order valence-corrected chi connectivity index (χ4v) is 2.41. The first-order valence-corrected chi connectivity index (χ1v) is 6.97. The number of aromatic nitrogens is 2. The maximum Gasteiger partial charge on any atom is 0.0785 e. The van der Waals surface area contributed by atoms with Gasteiger partial charge in [-0.15, -0.1) is 0 Å². The predicted molar refractivity (Wildman–Crippen MR) is 82.9 cm³/mol. The monoisotopic (exact) mass is 282 g/mol. The minimum absolute atomic E-state index is 0.173. The average molecular weight is 283 g/mol. The van der Waals surface area contributed by atoms with Gasteiger partial charge in [0.25, 0.3) is 0 Å². The molecule has 0 spiro atoms. The molecule has 0 aliphatic carbocycles. The van der Waals surface area contributed by atoms with Crippen molar-refractivity contribution in [2.24, 2.45) is 0 Å². The first-order chi connectivity index (χ1) is 9.74. The standard InChI is InChI=1S/C17H15ClN2/c1-13(20-12-17(18)11-19-20)14-7-9-16(10-8-14)15-5-3-2-4-6-15/h2-13H,1H3. The zero-order valence-corrected chi connectivity index (χ0v) is 12.0. The van der Waals surface area contributed by atoms with Crippen molar-refractivity contribution in [3.05, 3.63) is 77.6 Å². The molecule has 1 atom stereocenters. The van der Waals surface area contributed by atoms with Crippen LogP contribution in [-0.4, -0.2) is 9.78 Å². The predicted octanol–water partition coefficient (Wildman–Crippen LogP) is 4.81. The minimum atomic E-state index is 0.173. The van der Waals surface area contributed by atoms with Crippen LogP contribution >= 0.6 is 11.6 Å². The molecule has 2 aromatic carbocycles. The topological polar surface area (TPSA) is 17.8 Å². The number of hydrogen-bond acceptors (Lipinski definition) is 1. The zero-order chi connectivity index (χ0) is 13.9. The molecule has 0 amide bonds. The van der Waals surface area contributed by atoms with E-state index in [9.17, 15) is 0 Å². The Morgan fingerprint density at radius 3 is 2.20 bits per heavy atom. The second-order valence-corrected chi connectivity index (χ2v) is 5.24. The Morgan fingerprint density at radius 2 is 1.60 bits per heavy atom. The molecule has 20 heavy (non-hydrogen) atoms. The van der Waals surface area contributed by atoms with Crippen molar-refractivity contribution in [1.29, 1.82) is 0 Å². The van der Waals surface area contributed by atoms with Gasteiger partial charge in [-0.25, -0.2) is 0 Å². The first kappa shape index (κ1) is 12.9. The molecule has 1 unspecified atom stereocenters. The average Bonchev–Trinajstić information content (AvgIpc) is 2.94. The Morgan fingerprint density at radius 1 is 0.950 bits per heavy atom. The van der Waals surface area contributed by atoms with Crippen LogP contribution in [0.3, 0.4) is 0 Å². The number of rotatable bonds is 3. The van der Waals surface area contributed by atoms with Gasteiger partial charge in [-0.2, -0.15) is 5.10 Å². The van der Waals surface area contributed by atoms with Crippen LogP contribution < -0.4 is 0 Å². The van der Waals surface area contributed by atoms with Crippen LogP contribution in [0.1, 0.15) is 18.5 Å². The van der Waals surface area contributed by atoms with Crippen molar-refractivity contribution in [2.45, 2.75) is 13.0 Å².